The van der Waals surface area contributed by atoms with Gasteiger partial charge in [0.1, 0.15) is 5.75 Å². The van der Waals surface area contributed by atoms with Crippen molar-refractivity contribution < 1.29 is 9.53 Å². The largest absolute Gasteiger partial charge is 0.497 e. The van der Waals surface area contributed by atoms with E-state index < -0.39 is 0 Å². The third-order valence-electron chi connectivity index (χ3n) is 3.60. The summed E-state index contributed by atoms with van der Waals surface area (Å²) in [6.07, 6.45) is 0. The zero-order chi connectivity index (χ0) is 16.1. The van der Waals surface area contributed by atoms with Gasteiger partial charge in [-0.1, -0.05) is 12.1 Å². The minimum atomic E-state index is -0.245. The number of hydrazone groups is 1. The molecule has 22 heavy (non-hydrogen) atoms. The fourth-order valence-corrected chi connectivity index (χ4v) is 1.97. The summed E-state index contributed by atoms with van der Waals surface area (Å²) in [6, 6.07) is 13.0. The van der Waals surface area contributed by atoms with Gasteiger partial charge in [-0.3, -0.25) is 4.79 Å². The van der Waals surface area contributed by atoms with Crippen molar-refractivity contribution in [1.82, 2.24) is 5.43 Å². The van der Waals surface area contributed by atoms with Crippen molar-refractivity contribution >= 4 is 11.6 Å². The van der Waals surface area contributed by atoms with E-state index in [0.717, 1.165) is 11.3 Å². The lowest BCUT2D eigenvalue weighted by Gasteiger charge is -2.06. The van der Waals surface area contributed by atoms with Gasteiger partial charge in [-0.25, -0.2) is 5.43 Å². The summed E-state index contributed by atoms with van der Waals surface area (Å²) in [5, 5.41) is 4.17. The summed E-state index contributed by atoms with van der Waals surface area (Å²) in [6.45, 7) is 6.00. The van der Waals surface area contributed by atoms with E-state index >= 15 is 0 Å². The van der Waals surface area contributed by atoms with Gasteiger partial charge in [0.15, 0.2) is 0 Å². The summed E-state index contributed by atoms with van der Waals surface area (Å²) in [7, 11) is 1.59. The molecule has 0 bridgehead atoms. The molecule has 0 heterocycles. The first-order valence-corrected chi connectivity index (χ1v) is 7.07. The number of methoxy groups -OCH3 is 1. The topological polar surface area (TPSA) is 50.7 Å². The Morgan fingerprint density at radius 3 is 2.23 bits per heavy atom. The molecule has 0 fully saturated rings. The molecule has 0 aliphatic rings. The summed E-state index contributed by atoms with van der Waals surface area (Å²) >= 11 is 0. The number of ether oxygens (including phenoxy) is 1. The molecular formula is C18H20N2O2. The lowest BCUT2D eigenvalue weighted by atomic mass is 10.0. The molecule has 2 rings (SSSR count). The van der Waals surface area contributed by atoms with Crippen LogP contribution in [0.1, 0.15) is 34.0 Å². The Balaban J connectivity index is 2.08. The fourth-order valence-electron chi connectivity index (χ4n) is 1.97. The molecule has 4 nitrogen and oxygen atoms in total. The molecular weight excluding hydrogens is 276 g/mol. The Kier molecular flexibility index (Phi) is 4.94. The first-order valence-electron chi connectivity index (χ1n) is 7.07. The second-order valence-electron chi connectivity index (χ2n) is 5.17. The van der Waals surface area contributed by atoms with Crippen LogP contribution in [0.15, 0.2) is 47.6 Å². The van der Waals surface area contributed by atoms with E-state index in [1.54, 1.807) is 31.4 Å². The second kappa shape index (κ2) is 6.89. The predicted octanol–water partition coefficient (Wildman–Crippen LogP) is 3.47. The standard InChI is InChI=1S/C18H20N2O2/c1-12-5-6-16(11-13(12)2)14(3)19-20-18(21)15-7-9-17(22-4)10-8-15/h5-11H,1-4H3,(H,20,21)/b19-14+. The maximum Gasteiger partial charge on any atom is 0.271 e. The van der Waals surface area contributed by atoms with Gasteiger partial charge in [0.25, 0.3) is 5.91 Å². The zero-order valence-electron chi connectivity index (χ0n) is 13.3. The van der Waals surface area contributed by atoms with Gasteiger partial charge in [0, 0.05) is 5.56 Å². The van der Waals surface area contributed by atoms with Crippen molar-refractivity contribution in [1.29, 1.82) is 0 Å². The smallest absolute Gasteiger partial charge is 0.271 e. The van der Waals surface area contributed by atoms with Crippen molar-refractivity contribution in [2.24, 2.45) is 5.10 Å². The minimum absolute atomic E-state index is 0.245. The highest BCUT2D eigenvalue weighted by Gasteiger charge is 2.05. The summed E-state index contributed by atoms with van der Waals surface area (Å²) in [5.74, 6) is 0.470. The minimum Gasteiger partial charge on any atom is -0.497 e. The molecule has 4 heteroatoms. The number of aryl methyl sites for hydroxylation is 2. The quantitative estimate of drug-likeness (QED) is 0.694. The molecule has 0 aliphatic heterocycles. The van der Waals surface area contributed by atoms with Crippen molar-refractivity contribution in [2.45, 2.75) is 20.8 Å². The van der Waals surface area contributed by atoms with Crippen molar-refractivity contribution in [3.05, 3.63) is 64.7 Å². The average molecular weight is 296 g/mol. The van der Waals surface area contributed by atoms with E-state index in [4.69, 9.17) is 4.74 Å². The Hall–Kier alpha value is -2.62. The molecule has 0 aliphatic carbocycles. The first kappa shape index (κ1) is 15.8. The van der Waals surface area contributed by atoms with Crippen LogP contribution in [0.5, 0.6) is 5.75 Å². The molecule has 0 radical (unpaired) electrons. The van der Waals surface area contributed by atoms with Crippen LogP contribution in [0.4, 0.5) is 0 Å². The van der Waals surface area contributed by atoms with Gasteiger partial charge in [-0.05, 0) is 67.8 Å². The van der Waals surface area contributed by atoms with Gasteiger partial charge in [-0.15, -0.1) is 0 Å². The van der Waals surface area contributed by atoms with Crippen LogP contribution in [-0.2, 0) is 0 Å². The Bertz CT molecular complexity index is 704. The number of carbonyl (C=O) groups excluding carboxylic acids is 1. The number of hydrogen-bond donors (Lipinski definition) is 1. The highest BCUT2D eigenvalue weighted by molar-refractivity contribution is 6.01. The van der Waals surface area contributed by atoms with Crippen LogP contribution in [0, 0.1) is 13.8 Å². The number of carbonyl (C=O) groups is 1. The fraction of sp³-hybridized carbons (Fsp3) is 0.222. The molecule has 1 N–H and O–H groups in total. The number of hydrogen-bond acceptors (Lipinski definition) is 3. The molecule has 0 aromatic heterocycles. The lowest BCUT2D eigenvalue weighted by Crippen LogP contribution is -2.19. The molecule has 0 atom stereocenters. The SMILES string of the molecule is COc1ccc(C(=O)N/N=C(\C)c2ccc(C)c(C)c2)cc1. The molecule has 2 aromatic carbocycles. The molecule has 114 valence electrons. The van der Waals surface area contributed by atoms with Gasteiger partial charge in [0.05, 0.1) is 12.8 Å². The van der Waals surface area contributed by atoms with Crippen LogP contribution < -0.4 is 10.2 Å². The van der Waals surface area contributed by atoms with E-state index in [-0.39, 0.29) is 5.91 Å². The Morgan fingerprint density at radius 1 is 1.00 bits per heavy atom. The van der Waals surface area contributed by atoms with Crippen molar-refractivity contribution in [2.75, 3.05) is 7.11 Å². The normalized spacial score (nSPS) is 11.2. The first-order chi connectivity index (χ1) is 10.5. The number of benzene rings is 2. The maximum atomic E-state index is 12.0. The van der Waals surface area contributed by atoms with Crippen molar-refractivity contribution in [3.8, 4) is 5.75 Å². The third kappa shape index (κ3) is 3.73. The van der Waals surface area contributed by atoms with Gasteiger partial charge >= 0.3 is 0 Å². The van der Waals surface area contributed by atoms with Crippen LogP contribution in [0.2, 0.25) is 0 Å². The van der Waals surface area contributed by atoms with E-state index in [1.165, 1.54) is 11.1 Å². The molecule has 0 unspecified atom stereocenters. The van der Waals surface area contributed by atoms with E-state index in [9.17, 15) is 4.79 Å². The van der Waals surface area contributed by atoms with Crippen LogP contribution in [-0.4, -0.2) is 18.7 Å². The number of rotatable bonds is 4. The van der Waals surface area contributed by atoms with Gasteiger partial charge in [0.2, 0.25) is 0 Å². The highest BCUT2D eigenvalue weighted by Crippen LogP contribution is 2.12. The Morgan fingerprint density at radius 2 is 1.64 bits per heavy atom. The third-order valence-corrected chi connectivity index (χ3v) is 3.60. The van der Waals surface area contributed by atoms with Crippen LogP contribution >= 0.6 is 0 Å². The van der Waals surface area contributed by atoms with Crippen LogP contribution in [0.3, 0.4) is 0 Å². The predicted molar refractivity (Wildman–Crippen MR) is 88.6 cm³/mol. The average Bonchev–Trinajstić information content (AvgIpc) is 2.54. The van der Waals surface area contributed by atoms with E-state index in [1.807, 2.05) is 13.0 Å². The van der Waals surface area contributed by atoms with Gasteiger partial charge in [-0.2, -0.15) is 5.10 Å². The van der Waals surface area contributed by atoms with E-state index in [0.29, 0.717) is 11.3 Å². The lowest BCUT2D eigenvalue weighted by molar-refractivity contribution is 0.0955. The summed E-state index contributed by atoms with van der Waals surface area (Å²) < 4.78 is 5.07. The van der Waals surface area contributed by atoms with Gasteiger partial charge < -0.3 is 4.74 Å². The van der Waals surface area contributed by atoms with E-state index in [2.05, 4.69) is 36.5 Å². The summed E-state index contributed by atoms with van der Waals surface area (Å²) in [5.41, 5.74) is 7.32. The second-order valence-corrected chi connectivity index (χ2v) is 5.17. The summed E-state index contributed by atoms with van der Waals surface area (Å²) in [4.78, 5) is 12.0. The molecule has 0 spiro atoms. The molecule has 0 saturated heterocycles. The number of nitrogens with zero attached hydrogens (tertiary/aromatic N) is 1. The zero-order valence-corrected chi connectivity index (χ0v) is 13.3. The molecule has 0 saturated carbocycles. The molecule has 2 aromatic rings. The van der Waals surface area contributed by atoms with Crippen molar-refractivity contribution in [3.63, 3.8) is 0 Å². The van der Waals surface area contributed by atoms with Crippen LogP contribution in [0.25, 0.3) is 0 Å². The maximum absolute atomic E-state index is 12.0. The number of amides is 1. The monoisotopic (exact) mass is 296 g/mol. The molecule has 1 amide bonds. The highest BCUT2D eigenvalue weighted by atomic mass is 16.5. The number of nitrogens with one attached hydrogen (secondary N) is 1. The Labute approximate surface area is 130 Å².